The average molecular weight is 257 g/mol. The molecule has 0 fully saturated rings. The van der Waals surface area contributed by atoms with Gasteiger partial charge >= 0.3 is 0 Å². The molecule has 3 nitrogen and oxygen atoms in total. The van der Waals surface area contributed by atoms with Crippen molar-refractivity contribution in [1.29, 1.82) is 0 Å². The van der Waals surface area contributed by atoms with Gasteiger partial charge in [0, 0.05) is 17.7 Å². The lowest BCUT2D eigenvalue weighted by molar-refractivity contribution is 0.563. The summed E-state index contributed by atoms with van der Waals surface area (Å²) in [5, 5.41) is 0.0748. The van der Waals surface area contributed by atoms with Crippen molar-refractivity contribution in [2.24, 2.45) is 0 Å². The Balaban J connectivity index is 2.35. The van der Waals surface area contributed by atoms with Crippen molar-refractivity contribution >= 4 is 11.6 Å². The zero-order valence-electron chi connectivity index (χ0n) is 8.53. The van der Waals surface area contributed by atoms with Crippen LogP contribution in [-0.4, -0.2) is 9.55 Å². The maximum Gasteiger partial charge on any atom is 0.255 e. The summed E-state index contributed by atoms with van der Waals surface area (Å²) in [6, 6.07) is 4.31. The van der Waals surface area contributed by atoms with Crippen LogP contribution in [-0.2, 0) is 6.54 Å². The van der Waals surface area contributed by atoms with E-state index >= 15 is 0 Å². The molecule has 2 rings (SSSR count). The third kappa shape index (κ3) is 2.68. The SMILES string of the molecule is O=c1cc(Cl)ncn1Cc1ccc(F)cc1F. The van der Waals surface area contributed by atoms with E-state index in [1.165, 1.54) is 17.0 Å². The molecular weight excluding hydrogens is 250 g/mol. The van der Waals surface area contributed by atoms with Gasteiger partial charge < -0.3 is 0 Å². The quantitative estimate of drug-likeness (QED) is 0.773. The predicted octanol–water partition coefficient (Wildman–Crippen LogP) is 2.22. The van der Waals surface area contributed by atoms with Crippen molar-refractivity contribution in [2.75, 3.05) is 0 Å². The van der Waals surface area contributed by atoms with Gasteiger partial charge in [0.1, 0.15) is 16.8 Å². The van der Waals surface area contributed by atoms with Gasteiger partial charge in [-0.15, -0.1) is 0 Å². The number of hydrogen-bond donors (Lipinski definition) is 0. The minimum atomic E-state index is -0.702. The van der Waals surface area contributed by atoms with Gasteiger partial charge in [0.05, 0.1) is 12.9 Å². The molecule has 1 heterocycles. The van der Waals surface area contributed by atoms with E-state index < -0.39 is 17.2 Å². The first-order valence-corrected chi connectivity index (χ1v) is 5.10. The Morgan fingerprint density at radius 3 is 2.71 bits per heavy atom. The van der Waals surface area contributed by atoms with Gasteiger partial charge in [0.2, 0.25) is 0 Å². The van der Waals surface area contributed by atoms with E-state index in [0.29, 0.717) is 0 Å². The molecule has 0 saturated carbocycles. The second-order valence-corrected chi connectivity index (χ2v) is 3.80. The number of nitrogens with zero attached hydrogens (tertiary/aromatic N) is 2. The third-order valence-corrected chi connectivity index (χ3v) is 2.41. The van der Waals surface area contributed by atoms with Crippen LogP contribution in [0.2, 0.25) is 5.15 Å². The summed E-state index contributed by atoms with van der Waals surface area (Å²) >= 11 is 5.52. The summed E-state index contributed by atoms with van der Waals surface area (Å²) in [4.78, 5) is 15.2. The molecule has 0 atom stereocenters. The van der Waals surface area contributed by atoms with E-state index in [1.54, 1.807) is 0 Å². The van der Waals surface area contributed by atoms with Crippen molar-refractivity contribution < 1.29 is 8.78 Å². The molecule has 88 valence electrons. The minimum absolute atomic E-state index is 0.0187. The van der Waals surface area contributed by atoms with Crippen molar-refractivity contribution in [3.8, 4) is 0 Å². The predicted molar refractivity (Wildman–Crippen MR) is 59.0 cm³/mol. The fourth-order valence-corrected chi connectivity index (χ4v) is 1.49. The molecule has 2 aromatic rings. The fourth-order valence-electron chi connectivity index (χ4n) is 1.36. The van der Waals surface area contributed by atoms with Gasteiger partial charge in [-0.3, -0.25) is 9.36 Å². The van der Waals surface area contributed by atoms with Gasteiger partial charge in [-0.1, -0.05) is 17.7 Å². The molecule has 0 N–H and O–H groups in total. The molecule has 0 bridgehead atoms. The molecule has 0 aliphatic rings. The summed E-state index contributed by atoms with van der Waals surface area (Å²) in [6.07, 6.45) is 1.22. The second-order valence-electron chi connectivity index (χ2n) is 3.41. The highest BCUT2D eigenvalue weighted by molar-refractivity contribution is 6.29. The zero-order chi connectivity index (χ0) is 12.4. The monoisotopic (exact) mass is 256 g/mol. The molecule has 17 heavy (non-hydrogen) atoms. The van der Waals surface area contributed by atoms with E-state index in [0.717, 1.165) is 18.2 Å². The summed E-state index contributed by atoms with van der Waals surface area (Å²) < 4.78 is 27.2. The smallest absolute Gasteiger partial charge is 0.255 e. The van der Waals surface area contributed by atoms with Gasteiger partial charge in [0.15, 0.2) is 0 Å². The summed E-state index contributed by atoms with van der Waals surface area (Å²) in [5.41, 5.74) is -0.189. The molecule has 0 saturated heterocycles. The lowest BCUT2D eigenvalue weighted by Crippen LogP contribution is -2.20. The third-order valence-electron chi connectivity index (χ3n) is 2.20. The Morgan fingerprint density at radius 1 is 1.29 bits per heavy atom. The highest BCUT2D eigenvalue weighted by atomic mass is 35.5. The summed E-state index contributed by atoms with van der Waals surface area (Å²) in [6.45, 7) is -0.0187. The Morgan fingerprint density at radius 2 is 2.06 bits per heavy atom. The van der Waals surface area contributed by atoms with Crippen LogP contribution in [0.25, 0.3) is 0 Å². The molecule has 1 aromatic heterocycles. The van der Waals surface area contributed by atoms with Crippen molar-refractivity contribution in [1.82, 2.24) is 9.55 Å². The highest BCUT2D eigenvalue weighted by Crippen LogP contribution is 2.10. The lowest BCUT2D eigenvalue weighted by Gasteiger charge is -2.06. The normalized spacial score (nSPS) is 10.5. The first kappa shape index (κ1) is 11.7. The lowest BCUT2D eigenvalue weighted by atomic mass is 10.2. The maximum atomic E-state index is 13.3. The van der Waals surface area contributed by atoms with Crippen LogP contribution in [0.4, 0.5) is 8.78 Å². The van der Waals surface area contributed by atoms with Crippen LogP contribution < -0.4 is 5.56 Å². The van der Waals surface area contributed by atoms with Crippen LogP contribution in [0, 0.1) is 11.6 Å². The van der Waals surface area contributed by atoms with Crippen LogP contribution in [0.3, 0.4) is 0 Å². The van der Waals surface area contributed by atoms with E-state index in [4.69, 9.17) is 11.6 Å². The standard InChI is InChI=1S/C11H7ClF2N2O/c12-10-4-11(17)16(6-15-10)5-7-1-2-8(13)3-9(7)14/h1-4,6H,5H2. The molecule has 0 radical (unpaired) electrons. The second kappa shape index (κ2) is 4.63. The number of rotatable bonds is 2. The summed E-state index contributed by atoms with van der Waals surface area (Å²) in [5.74, 6) is -1.36. The Kier molecular flexibility index (Phi) is 3.19. The molecule has 0 unspecified atom stereocenters. The van der Waals surface area contributed by atoms with E-state index in [-0.39, 0.29) is 17.3 Å². The highest BCUT2D eigenvalue weighted by Gasteiger charge is 2.06. The first-order valence-electron chi connectivity index (χ1n) is 4.72. The van der Waals surface area contributed by atoms with Gasteiger partial charge in [-0.25, -0.2) is 13.8 Å². The maximum absolute atomic E-state index is 13.3. The van der Waals surface area contributed by atoms with E-state index in [2.05, 4.69) is 4.98 Å². The Labute approximate surface area is 100 Å². The van der Waals surface area contributed by atoms with E-state index in [1.807, 2.05) is 0 Å². The molecule has 0 aliphatic heterocycles. The molecular formula is C11H7ClF2N2O. The topological polar surface area (TPSA) is 34.9 Å². The first-order chi connectivity index (χ1) is 8.06. The van der Waals surface area contributed by atoms with Crippen LogP contribution in [0.5, 0.6) is 0 Å². The molecule has 0 spiro atoms. The fraction of sp³-hybridized carbons (Fsp3) is 0.0909. The zero-order valence-corrected chi connectivity index (χ0v) is 9.29. The van der Waals surface area contributed by atoms with Gasteiger partial charge in [-0.05, 0) is 6.07 Å². The molecule has 0 aliphatic carbocycles. The number of halogens is 3. The largest absolute Gasteiger partial charge is 0.295 e. The van der Waals surface area contributed by atoms with Crippen LogP contribution >= 0.6 is 11.6 Å². The average Bonchev–Trinajstić information content (AvgIpc) is 2.25. The van der Waals surface area contributed by atoms with E-state index in [9.17, 15) is 13.6 Å². The number of benzene rings is 1. The van der Waals surface area contributed by atoms with Crippen LogP contribution in [0.15, 0.2) is 35.4 Å². The minimum Gasteiger partial charge on any atom is -0.295 e. The number of aromatic nitrogens is 2. The van der Waals surface area contributed by atoms with Crippen molar-refractivity contribution in [3.63, 3.8) is 0 Å². The van der Waals surface area contributed by atoms with Crippen LogP contribution in [0.1, 0.15) is 5.56 Å². The Bertz CT molecular complexity index is 613. The Hall–Kier alpha value is -1.75. The molecule has 1 aromatic carbocycles. The van der Waals surface area contributed by atoms with Crippen molar-refractivity contribution in [3.05, 3.63) is 63.3 Å². The van der Waals surface area contributed by atoms with Crippen molar-refractivity contribution in [2.45, 2.75) is 6.54 Å². The van der Waals surface area contributed by atoms with Gasteiger partial charge in [-0.2, -0.15) is 0 Å². The molecule has 6 heteroatoms. The summed E-state index contributed by atoms with van der Waals surface area (Å²) in [7, 11) is 0. The van der Waals surface area contributed by atoms with Gasteiger partial charge in [0.25, 0.3) is 5.56 Å². The molecule has 0 amide bonds. The number of hydrogen-bond acceptors (Lipinski definition) is 2.